The summed E-state index contributed by atoms with van der Waals surface area (Å²) in [5, 5.41) is 8.93. The number of thiophene rings is 1. The molecule has 2 N–H and O–H groups in total. The quantitative estimate of drug-likeness (QED) is 0.627. The molecule has 1 aromatic rings. The summed E-state index contributed by atoms with van der Waals surface area (Å²) >= 11 is 1.83. The summed E-state index contributed by atoms with van der Waals surface area (Å²) in [6, 6.07) is 4.31. The third-order valence-corrected chi connectivity index (χ3v) is 4.80. The van der Waals surface area contributed by atoms with Crippen molar-refractivity contribution in [3.05, 3.63) is 22.4 Å². The van der Waals surface area contributed by atoms with Crippen molar-refractivity contribution in [3.8, 4) is 0 Å². The van der Waals surface area contributed by atoms with Gasteiger partial charge >= 0.3 is 0 Å². The van der Waals surface area contributed by atoms with Gasteiger partial charge in [0.2, 0.25) is 0 Å². The van der Waals surface area contributed by atoms with Gasteiger partial charge < -0.3 is 15.4 Å². The Hall–Kier alpha value is -1.07. The van der Waals surface area contributed by atoms with Crippen LogP contribution in [-0.2, 0) is 11.2 Å². The zero-order valence-corrected chi connectivity index (χ0v) is 14.1. The summed E-state index contributed by atoms with van der Waals surface area (Å²) in [4.78, 5) is 5.73. The maximum Gasteiger partial charge on any atom is 0.191 e. The molecular weight excluding hydrogens is 282 g/mol. The molecule has 5 heteroatoms. The van der Waals surface area contributed by atoms with Crippen molar-refractivity contribution in [3.63, 3.8) is 0 Å². The van der Waals surface area contributed by atoms with Crippen molar-refractivity contribution < 1.29 is 4.74 Å². The number of rotatable bonds is 6. The minimum absolute atomic E-state index is 0.0415. The Bertz CT molecular complexity index is 438. The van der Waals surface area contributed by atoms with Crippen LogP contribution in [0.25, 0.3) is 0 Å². The minimum atomic E-state index is -0.0415. The smallest absolute Gasteiger partial charge is 0.191 e. The molecule has 0 saturated carbocycles. The van der Waals surface area contributed by atoms with Crippen molar-refractivity contribution in [1.29, 1.82) is 0 Å². The molecule has 0 amide bonds. The zero-order chi connectivity index (χ0) is 15.1. The third-order valence-electron chi connectivity index (χ3n) is 3.90. The SMILES string of the molecule is CN=C(NCC(C)Cc1cccs1)NCC1(C)CCCO1. The van der Waals surface area contributed by atoms with Crippen molar-refractivity contribution in [2.24, 2.45) is 10.9 Å². The summed E-state index contributed by atoms with van der Waals surface area (Å²) in [7, 11) is 1.82. The molecule has 2 atom stereocenters. The third kappa shape index (κ3) is 5.32. The predicted octanol–water partition coefficient (Wildman–Crippen LogP) is 2.66. The molecule has 1 saturated heterocycles. The van der Waals surface area contributed by atoms with Gasteiger partial charge in [0.25, 0.3) is 0 Å². The lowest BCUT2D eigenvalue weighted by Gasteiger charge is -2.25. The first-order valence-electron chi connectivity index (χ1n) is 7.72. The Morgan fingerprint density at radius 1 is 1.52 bits per heavy atom. The van der Waals surface area contributed by atoms with Gasteiger partial charge in [-0.1, -0.05) is 13.0 Å². The van der Waals surface area contributed by atoms with E-state index in [-0.39, 0.29) is 5.60 Å². The molecule has 2 unspecified atom stereocenters. The van der Waals surface area contributed by atoms with Crippen LogP contribution in [0.15, 0.2) is 22.5 Å². The van der Waals surface area contributed by atoms with Gasteiger partial charge in [-0.2, -0.15) is 0 Å². The van der Waals surface area contributed by atoms with Crippen molar-refractivity contribution in [2.75, 3.05) is 26.7 Å². The second-order valence-corrected chi connectivity index (χ2v) is 7.13. The molecule has 0 spiro atoms. The highest BCUT2D eigenvalue weighted by molar-refractivity contribution is 7.09. The monoisotopic (exact) mass is 309 g/mol. The lowest BCUT2D eigenvalue weighted by Crippen LogP contribution is -2.46. The van der Waals surface area contributed by atoms with E-state index in [4.69, 9.17) is 4.74 Å². The number of aliphatic imine (C=N–C) groups is 1. The molecule has 0 radical (unpaired) electrons. The molecule has 0 aromatic carbocycles. The molecule has 0 aliphatic carbocycles. The first-order chi connectivity index (χ1) is 10.1. The lowest BCUT2D eigenvalue weighted by atomic mass is 10.0. The predicted molar refractivity (Wildman–Crippen MR) is 90.1 cm³/mol. The van der Waals surface area contributed by atoms with Crippen molar-refractivity contribution in [2.45, 2.75) is 38.7 Å². The van der Waals surface area contributed by atoms with E-state index in [9.17, 15) is 0 Å². The fraction of sp³-hybridized carbons (Fsp3) is 0.688. The molecule has 21 heavy (non-hydrogen) atoms. The molecule has 118 valence electrons. The summed E-state index contributed by atoms with van der Waals surface area (Å²) in [6.45, 7) is 7.05. The fourth-order valence-electron chi connectivity index (χ4n) is 2.58. The van der Waals surface area contributed by atoms with Crippen LogP contribution < -0.4 is 10.6 Å². The van der Waals surface area contributed by atoms with Crippen LogP contribution in [0, 0.1) is 5.92 Å². The van der Waals surface area contributed by atoms with E-state index in [1.165, 1.54) is 4.88 Å². The molecular formula is C16H27N3OS. The van der Waals surface area contributed by atoms with E-state index in [0.717, 1.165) is 44.9 Å². The Morgan fingerprint density at radius 2 is 2.38 bits per heavy atom. The summed E-state index contributed by atoms with van der Waals surface area (Å²) in [5.74, 6) is 1.45. The van der Waals surface area contributed by atoms with Gasteiger partial charge in [0, 0.05) is 31.6 Å². The van der Waals surface area contributed by atoms with E-state index in [1.54, 1.807) is 0 Å². The van der Waals surface area contributed by atoms with Crippen LogP contribution >= 0.6 is 11.3 Å². The molecule has 1 aliphatic heterocycles. The molecule has 2 heterocycles. The second-order valence-electron chi connectivity index (χ2n) is 6.10. The van der Waals surface area contributed by atoms with E-state index >= 15 is 0 Å². The second kappa shape index (κ2) is 7.80. The maximum atomic E-state index is 5.79. The van der Waals surface area contributed by atoms with Crippen LogP contribution in [0.2, 0.25) is 0 Å². The Morgan fingerprint density at radius 3 is 3.00 bits per heavy atom. The molecule has 2 rings (SSSR count). The highest BCUT2D eigenvalue weighted by Gasteiger charge is 2.29. The van der Waals surface area contributed by atoms with E-state index < -0.39 is 0 Å². The van der Waals surface area contributed by atoms with Crippen molar-refractivity contribution >= 4 is 17.3 Å². The summed E-state index contributed by atoms with van der Waals surface area (Å²) < 4.78 is 5.79. The number of hydrogen-bond acceptors (Lipinski definition) is 3. The van der Waals surface area contributed by atoms with Gasteiger partial charge in [0.05, 0.1) is 5.60 Å². The minimum Gasteiger partial charge on any atom is -0.373 e. The number of hydrogen-bond donors (Lipinski definition) is 2. The Balaban J connectivity index is 1.70. The van der Waals surface area contributed by atoms with Crippen LogP contribution in [0.3, 0.4) is 0 Å². The van der Waals surface area contributed by atoms with Crippen LogP contribution in [0.5, 0.6) is 0 Å². The standard InChI is InChI=1S/C16H27N3OS/c1-13(10-14-6-4-9-21-14)11-18-15(17-3)19-12-16(2)7-5-8-20-16/h4,6,9,13H,5,7-8,10-12H2,1-3H3,(H2,17,18,19). The zero-order valence-electron chi connectivity index (χ0n) is 13.3. The Labute approximate surface area is 132 Å². The van der Waals surface area contributed by atoms with E-state index in [0.29, 0.717) is 5.92 Å². The first-order valence-corrected chi connectivity index (χ1v) is 8.60. The lowest BCUT2D eigenvalue weighted by molar-refractivity contribution is 0.0243. The summed E-state index contributed by atoms with van der Waals surface area (Å²) in [5.41, 5.74) is -0.0415. The highest BCUT2D eigenvalue weighted by Crippen LogP contribution is 2.23. The van der Waals surface area contributed by atoms with Gasteiger partial charge in [0.1, 0.15) is 0 Å². The van der Waals surface area contributed by atoms with Gasteiger partial charge in [0.15, 0.2) is 5.96 Å². The fourth-order valence-corrected chi connectivity index (χ4v) is 3.45. The van der Waals surface area contributed by atoms with Crippen LogP contribution in [-0.4, -0.2) is 38.3 Å². The largest absolute Gasteiger partial charge is 0.373 e. The molecule has 1 aromatic heterocycles. The van der Waals surface area contributed by atoms with Gasteiger partial charge in [-0.15, -0.1) is 11.3 Å². The van der Waals surface area contributed by atoms with E-state index in [2.05, 4.69) is 47.0 Å². The van der Waals surface area contributed by atoms with Crippen LogP contribution in [0.4, 0.5) is 0 Å². The first kappa shape index (κ1) is 16.3. The van der Waals surface area contributed by atoms with Gasteiger partial charge in [-0.25, -0.2) is 0 Å². The highest BCUT2D eigenvalue weighted by atomic mass is 32.1. The van der Waals surface area contributed by atoms with E-state index in [1.807, 2.05) is 18.4 Å². The van der Waals surface area contributed by atoms with Gasteiger partial charge in [-0.3, -0.25) is 4.99 Å². The maximum absolute atomic E-state index is 5.79. The summed E-state index contributed by atoms with van der Waals surface area (Å²) in [6.07, 6.45) is 3.39. The number of guanidine groups is 1. The normalized spacial score (nSPS) is 24.0. The molecule has 1 fully saturated rings. The number of ether oxygens (including phenoxy) is 1. The topological polar surface area (TPSA) is 45.7 Å². The average molecular weight is 309 g/mol. The van der Waals surface area contributed by atoms with Gasteiger partial charge in [-0.05, 0) is 43.6 Å². The van der Waals surface area contributed by atoms with Crippen LogP contribution in [0.1, 0.15) is 31.6 Å². The van der Waals surface area contributed by atoms with Crippen molar-refractivity contribution in [1.82, 2.24) is 10.6 Å². The average Bonchev–Trinajstić information content (AvgIpc) is 3.11. The molecule has 0 bridgehead atoms. The number of nitrogens with one attached hydrogen (secondary N) is 2. The molecule has 4 nitrogen and oxygen atoms in total. The molecule has 1 aliphatic rings. The Kier molecular flexibility index (Phi) is 6.06. The number of nitrogens with zero attached hydrogens (tertiary/aromatic N) is 1.